The Labute approximate surface area is 184 Å². The Kier molecular flexibility index (Phi) is 8.93. The number of rotatable bonds is 9. The Morgan fingerprint density at radius 3 is 2.57 bits per heavy atom. The summed E-state index contributed by atoms with van der Waals surface area (Å²) in [5, 5.41) is 0. The summed E-state index contributed by atoms with van der Waals surface area (Å²) in [7, 11) is 0. The Balaban J connectivity index is 2.04. The first-order chi connectivity index (χ1) is 14.1. The largest absolute Gasteiger partial charge is 0.334 e. The molecule has 4 heteroatoms. The summed E-state index contributed by atoms with van der Waals surface area (Å²) in [6, 6.07) is 8.45. The Morgan fingerprint density at radius 2 is 1.90 bits per heavy atom. The number of nitrogens with zero attached hydrogens (tertiary/aromatic N) is 2. The number of carbonyl (C=O) groups is 2. The van der Waals surface area contributed by atoms with E-state index in [4.69, 9.17) is 0 Å². The number of hydrogen-bond acceptors (Lipinski definition) is 2. The van der Waals surface area contributed by atoms with Crippen LogP contribution in [0.25, 0.3) is 0 Å². The van der Waals surface area contributed by atoms with Gasteiger partial charge < -0.3 is 9.80 Å². The van der Waals surface area contributed by atoms with E-state index in [-0.39, 0.29) is 29.8 Å². The summed E-state index contributed by atoms with van der Waals surface area (Å²) >= 11 is 0. The van der Waals surface area contributed by atoms with Crippen LogP contribution < -0.4 is 0 Å². The highest BCUT2D eigenvalue weighted by Gasteiger charge is 2.29. The Hall–Kier alpha value is -1.84. The van der Waals surface area contributed by atoms with Gasteiger partial charge in [-0.2, -0.15) is 0 Å². The van der Waals surface area contributed by atoms with Crippen molar-refractivity contribution in [3.05, 3.63) is 35.4 Å². The molecule has 0 spiro atoms. The highest BCUT2D eigenvalue weighted by Crippen LogP contribution is 2.30. The number of unbranched alkanes of at least 4 members (excludes halogenated alkanes) is 2. The van der Waals surface area contributed by atoms with E-state index in [1.807, 2.05) is 15.9 Å². The van der Waals surface area contributed by atoms with Crippen LogP contribution in [0.1, 0.15) is 90.8 Å². The van der Waals surface area contributed by atoms with Gasteiger partial charge in [-0.3, -0.25) is 9.59 Å². The molecule has 0 aromatic heterocycles. The molecule has 1 aromatic carbocycles. The van der Waals surface area contributed by atoms with Gasteiger partial charge in [-0.25, -0.2) is 0 Å². The second-order valence-electron chi connectivity index (χ2n) is 10.3. The van der Waals surface area contributed by atoms with E-state index in [0.717, 1.165) is 38.6 Å². The van der Waals surface area contributed by atoms with Crippen molar-refractivity contribution in [2.75, 3.05) is 19.6 Å². The molecule has 1 heterocycles. The highest BCUT2D eigenvalue weighted by molar-refractivity contribution is 5.85. The molecule has 0 bridgehead atoms. The molecule has 0 saturated heterocycles. The molecular weight excluding hydrogens is 372 g/mol. The quantitative estimate of drug-likeness (QED) is 0.493. The second-order valence-corrected chi connectivity index (χ2v) is 10.3. The van der Waals surface area contributed by atoms with Crippen LogP contribution in [0.4, 0.5) is 0 Å². The number of benzene rings is 1. The molecule has 168 valence electrons. The van der Waals surface area contributed by atoms with Crippen LogP contribution >= 0.6 is 0 Å². The van der Waals surface area contributed by atoms with Gasteiger partial charge in [-0.05, 0) is 48.6 Å². The van der Waals surface area contributed by atoms with Crippen LogP contribution in [0.15, 0.2) is 24.3 Å². The molecule has 2 rings (SSSR count). The lowest BCUT2D eigenvalue weighted by Gasteiger charge is -2.37. The van der Waals surface area contributed by atoms with Gasteiger partial charge in [0.05, 0.1) is 12.6 Å². The first kappa shape index (κ1) is 24.4. The predicted octanol–water partition coefficient (Wildman–Crippen LogP) is 5.61. The molecule has 2 unspecified atom stereocenters. The summed E-state index contributed by atoms with van der Waals surface area (Å²) in [6.07, 6.45) is 5.57. The summed E-state index contributed by atoms with van der Waals surface area (Å²) in [5.41, 5.74) is 2.78. The summed E-state index contributed by atoms with van der Waals surface area (Å²) in [6.45, 7) is 14.7. The molecule has 1 aromatic rings. The van der Waals surface area contributed by atoms with Gasteiger partial charge in [-0.1, -0.05) is 71.7 Å². The summed E-state index contributed by atoms with van der Waals surface area (Å²) in [4.78, 5) is 30.1. The van der Waals surface area contributed by atoms with Gasteiger partial charge in [0.15, 0.2) is 0 Å². The van der Waals surface area contributed by atoms with Gasteiger partial charge >= 0.3 is 0 Å². The van der Waals surface area contributed by atoms with E-state index in [0.29, 0.717) is 18.9 Å². The van der Waals surface area contributed by atoms with Gasteiger partial charge in [0.2, 0.25) is 11.8 Å². The normalized spacial score (nSPS) is 17.4. The van der Waals surface area contributed by atoms with Crippen LogP contribution in [0.2, 0.25) is 0 Å². The van der Waals surface area contributed by atoms with Crippen molar-refractivity contribution in [3.8, 4) is 0 Å². The van der Waals surface area contributed by atoms with Crippen molar-refractivity contribution in [1.29, 1.82) is 0 Å². The van der Waals surface area contributed by atoms with Crippen molar-refractivity contribution >= 4 is 11.8 Å². The average molecular weight is 415 g/mol. The zero-order valence-electron chi connectivity index (χ0n) is 20.0. The smallest absolute Gasteiger partial charge is 0.242 e. The average Bonchev–Trinajstić information content (AvgIpc) is 2.66. The van der Waals surface area contributed by atoms with Gasteiger partial charge in [0, 0.05) is 19.5 Å². The fourth-order valence-electron chi connectivity index (χ4n) is 4.76. The van der Waals surface area contributed by atoms with E-state index in [1.165, 1.54) is 11.1 Å². The van der Waals surface area contributed by atoms with E-state index >= 15 is 0 Å². The van der Waals surface area contributed by atoms with Crippen LogP contribution in [-0.4, -0.2) is 41.2 Å². The van der Waals surface area contributed by atoms with Crippen molar-refractivity contribution < 1.29 is 9.59 Å². The number of amides is 2. The van der Waals surface area contributed by atoms with Crippen LogP contribution in [-0.2, 0) is 16.0 Å². The maximum Gasteiger partial charge on any atom is 0.242 e. The maximum absolute atomic E-state index is 13.2. The van der Waals surface area contributed by atoms with Crippen molar-refractivity contribution in [2.24, 2.45) is 11.3 Å². The molecule has 2 amide bonds. The fraction of sp³-hybridized carbons (Fsp3) is 0.692. The molecule has 0 aliphatic carbocycles. The SMILES string of the molecule is CCCCCN(CC(=O)N1CCc2ccccc2C1C)C(=O)CC(C)CC(C)(C)C. The van der Waals surface area contributed by atoms with Crippen LogP contribution in [0.3, 0.4) is 0 Å². The number of carbonyl (C=O) groups excluding carboxylic acids is 2. The van der Waals surface area contributed by atoms with Crippen LogP contribution in [0, 0.1) is 11.3 Å². The highest BCUT2D eigenvalue weighted by atomic mass is 16.2. The molecule has 0 radical (unpaired) electrons. The number of hydrogen-bond donors (Lipinski definition) is 0. The van der Waals surface area contributed by atoms with Crippen molar-refractivity contribution in [3.63, 3.8) is 0 Å². The minimum absolute atomic E-state index is 0.0647. The van der Waals surface area contributed by atoms with Gasteiger partial charge in [-0.15, -0.1) is 0 Å². The molecule has 1 aliphatic rings. The van der Waals surface area contributed by atoms with Crippen molar-refractivity contribution in [2.45, 2.75) is 86.1 Å². The Morgan fingerprint density at radius 1 is 1.20 bits per heavy atom. The van der Waals surface area contributed by atoms with Gasteiger partial charge in [0.25, 0.3) is 0 Å². The zero-order valence-corrected chi connectivity index (χ0v) is 20.0. The molecule has 0 fully saturated rings. The van der Waals surface area contributed by atoms with E-state index in [9.17, 15) is 9.59 Å². The Bertz CT molecular complexity index is 707. The molecule has 0 N–H and O–H groups in total. The zero-order chi connectivity index (χ0) is 22.3. The third kappa shape index (κ3) is 7.14. The van der Waals surface area contributed by atoms with Gasteiger partial charge in [0.1, 0.15) is 0 Å². The standard InChI is InChI=1S/C26H42N2O2/c1-7-8-11-15-27(24(29)17-20(2)18-26(4,5)6)19-25(30)28-16-14-22-12-9-10-13-23(22)21(28)3/h9-10,12-13,20-21H,7-8,11,14-19H2,1-6H3. The van der Waals surface area contributed by atoms with Crippen molar-refractivity contribution in [1.82, 2.24) is 9.80 Å². The molecule has 30 heavy (non-hydrogen) atoms. The third-order valence-electron chi connectivity index (χ3n) is 6.11. The predicted molar refractivity (Wildman–Crippen MR) is 124 cm³/mol. The molecule has 2 atom stereocenters. The lowest BCUT2D eigenvalue weighted by Crippen LogP contribution is -2.46. The molecular formula is C26H42N2O2. The lowest BCUT2D eigenvalue weighted by molar-refractivity contribution is -0.142. The molecule has 1 aliphatic heterocycles. The van der Waals surface area contributed by atoms with E-state index < -0.39 is 0 Å². The summed E-state index contributed by atoms with van der Waals surface area (Å²) in [5.74, 6) is 0.522. The minimum atomic E-state index is 0.0647. The summed E-state index contributed by atoms with van der Waals surface area (Å²) < 4.78 is 0. The first-order valence-electron chi connectivity index (χ1n) is 11.8. The second kappa shape index (κ2) is 11.0. The lowest BCUT2D eigenvalue weighted by atomic mass is 9.84. The molecule has 0 saturated carbocycles. The third-order valence-corrected chi connectivity index (χ3v) is 6.11. The van der Waals surface area contributed by atoms with Crippen LogP contribution in [0.5, 0.6) is 0 Å². The molecule has 4 nitrogen and oxygen atoms in total. The minimum Gasteiger partial charge on any atom is -0.334 e. The topological polar surface area (TPSA) is 40.6 Å². The maximum atomic E-state index is 13.2. The fourth-order valence-corrected chi connectivity index (χ4v) is 4.76. The first-order valence-corrected chi connectivity index (χ1v) is 11.8. The monoisotopic (exact) mass is 414 g/mol. The number of fused-ring (bicyclic) bond motifs is 1. The van der Waals surface area contributed by atoms with E-state index in [1.54, 1.807) is 0 Å². The van der Waals surface area contributed by atoms with E-state index in [2.05, 4.69) is 59.7 Å².